The highest BCUT2D eigenvalue weighted by molar-refractivity contribution is 6.04. The number of nitrogens with zero attached hydrogens (tertiary/aromatic N) is 1. The first-order valence-corrected chi connectivity index (χ1v) is 7.87. The fourth-order valence-corrected chi connectivity index (χ4v) is 2.32. The second-order valence-electron chi connectivity index (χ2n) is 5.91. The minimum absolute atomic E-state index is 0.00604. The number of carbonyl (C=O) groups excluding carboxylic acids is 1. The van der Waals surface area contributed by atoms with Crippen molar-refractivity contribution in [2.24, 2.45) is 0 Å². The van der Waals surface area contributed by atoms with E-state index in [1.54, 1.807) is 12.1 Å². The van der Waals surface area contributed by atoms with Gasteiger partial charge in [-0.2, -0.15) is 0 Å². The number of carboxylic acid groups (broad SMARTS) is 1. The molecule has 0 bridgehead atoms. The first-order chi connectivity index (χ1) is 11.5. The number of carboxylic acids is 1. The molecule has 0 spiro atoms. The Hall–Kier alpha value is -2.66. The zero-order valence-electron chi connectivity index (χ0n) is 13.9. The lowest BCUT2D eigenvalue weighted by Crippen LogP contribution is -2.35. The third-order valence-corrected chi connectivity index (χ3v) is 3.70. The van der Waals surface area contributed by atoms with Gasteiger partial charge in [-0.3, -0.25) is 14.5 Å². The van der Waals surface area contributed by atoms with Crippen molar-refractivity contribution in [2.45, 2.75) is 26.4 Å². The number of hydrogen-bond acceptors (Lipinski definition) is 3. The maximum Gasteiger partial charge on any atom is 0.317 e. The number of para-hydroxylation sites is 1. The van der Waals surface area contributed by atoms with Gasteiger partial charge < -0.3 is 10.4 Å². The molecule has 0 aliphatic carbocycles. The Labute approximate surface area is 141 Å². The van der Waals surface area contributed by atoms with Crippen molar-refractivity contribution < 1.29 is 14.7 Å². The molecule has 0 unspecified atom stereocenters. The minimum atomic E-state index is -0.845. The predicted molar refractivity (Wildman–Crippen MR) is 94.0 cm³/mol. The third kappa shape index (κ3) is 5.21. The van der Waals surface area contributed by atoms with E-state index in [-0.39, 0.29) is 18.5 Å². The molecule has 0 fully saturated rings. The predicted octanol–water partition coefficient (Wildman–Crippen LogP) is 3.23. The summed E-state index contributed by atoms with van der Waals surface area (Å²) in [6, 6.07) is 16.6. The van der Waals surface area contributed by atoms with E-state index < -0.39 is 5.97 Å². The highest BCUT2D eigenvalue weighted by Gasteiger charge is 2.14. The molecule has 126 valence electrons. The topological polar surface area (TPSA) is 69.6 Å². The maximum absolute atomic E-state index is 12.2. The highest BCUT2D eigenvalue weighted by atomic mass is 16.4. The average molecular weight is 326 g/mol. The summed E-state index contributed by atoms with van der Waals surface area (Å²) in [6.45, 7) is 4.45. The van der Waals surface area contributed by atoms with Crippen molar-refractivity contribution >= 4 is 17.6 Å². The molecule has 0 atom stereocenters. The molecule has 0 aliphatic heterocycles. The van der Waals surface area contributed by atoms with Gasteiger partial charge in [0.15, 0.2) is 0 Å². The molecule has 0 saturated carbocycles. The molecule has 0 aromatic heterocycles. The van der Waals surface area contributed by atoms with Crippen molar-refractivity contribution in [2.75, 3.05) is 11.9 Å². The van der Waals surface area contributed by atoms with Crippen LogP contribution in [0.15, 0.2) is 54.6 Å². The summed E-state index contributed by atoms with van der Waals surface area (Å²) >= 11 is 0. The molecule has 0 aliphatic rings. The van der Waals surface area contributed by atoms with Crippen molar-refractivity contribution in [3.8, 4) is 0 Å². The molecule has 5 nitrogen and oxygen atoms in total. The van der Waals surface area contributed by atoms with E-state index in [0.717, 1.165) is 11.3 Å². The van der Waals surface area contributed by atoms with Crippen LogP contribution < -0.4 is 5.32 Å². The largest absolute Gasteiger partial charge is 0.480 e. The molecule has 24 heavy (non-hydrogen) atoms. The van der Waals surface area contributed by atoms with Crippen LogP contribution in [0.1, 0.15) is 29.8 Å². The molecule has 1 amide bonds. The van der Waals surface area contributed by atoms with E-state index in [4.69, 9.17) is 5.11 Å². The number of rotatable bonds is 7. The number of anilines is 1. The van der Waals surface area contributed by atoms with Crippen LogP contribution in [0.2, 0.25) is 0 Å². The fourth-order valence-electron chi connectivity index (χ4n) is 2.32. The summed E-state index contributed by atoms with van der Waals surface area (Å²) in [5.41, 5.74) is 2.29. The number of nitrogens with one attached hydrogen (secondary N) is 1. The van der Waals surface area contributed by atoms with E-state index >= 15 is 0 Å². The number of benzene rings is 2. The summed E-state index contributed by atoms with van der Waals surface area (Å²) < 4.78 is 0. The van der Waals surface area contributed by atoms with Gasteiger partial charge in [0.2, 0.25) is 0 Å². The highest BCUT2D eigenvalue weighted by Crippen LogP contribution is 2.12. The molecule has 0 heterocycles. The average Bonchev–Trinajstić information content (AvgIpc) is 2.55. The lowest BCUT2D eigenvalue weighted by atomic mass is 10.1. The van der Waals surface area contributed by atoms with E-state index in [2.05, 4.69) is 5.32 Å². The van der Waals surface area contributed by atoms with E-state index in [1.807, 2.05) is 61.2 Å². The van der Waals surface area contributed by atoms with Crippen LogP contribution in [-0.4, -0.2) is 34.5 Å². The van der Waals surface area contributed by atoms with Gasteiger partial charge in [-0.25, -0.2) is 0 Å². The molecule has 2 aromatic carbocycles. The van der Waals surface area contributed by atoms with Gasteiger partial charge in [0.25, 0.3) is 5.91 Å². The Morgan fingerprint density at radius 1 is 1.04 bits per heavy atom. The van der Waals surface area contributed by atoms with E-state index in [0.29, 0.717) is 12.1 Å². The Morgan fingerprint density at radius 2 is 1.67 bits per heavy atom. The second kappa shape index (κ2) is 8.26. The van der Waals surface area contributed by atoms with Crippen LogP contribution in [0.3, 0.4) is 0 Å². The number of hydrogen-bond donors (Lipinski definition) is 2. The van der Waals surface area contributed by atoms with Gasteiger partial charge in [0.05, 0.1) is 6.54 Å². The van der Waals surface area contributed by atoms with Crippen molar-refractivity contribution in [3.05, 3.63) is 65.7 Å². The summed E-state index contributed by atoms with van der Waals surface area (Å²) in [5, 5.41) is 11.8. The van der Waals surface area contributed by atoms with Crippen LogP contribution in [0, 0.1) is 0 Å². The zero-order chi connectivity index (χ0) is 17.5. The van der Waals surface area contributed by atoms with Crippen LogP contribution in [0.4, 0.5) is 5.69 Å². The van der Waals surface area contributed by atoms with Gasteiger partial charge in [0, 0.05) is 23.8 Å². The normalized spacial score (nSPS) is 10.8. The maximum atomic E-state index is 12.2. The molecule has 0 radical (unpaired) electrons. The Kier molecular flexibility index (Phi) is 6.09. The van der Waals surface area contributed by atoms with Gasteiger partial charge in [0.1, 0.15) is 0 Å². The number of aliphatic carboxylic acids is 1. The van der Waals surface area contributed by atoms with Crippen molar-refractivity contribution in [3.63, 3.8) is 0 Å². The molecule has 2 aromatic rings. The van der Waals surface area contributed by atoms with Gasteiger partial charge in [-0.15, -0.1) is 0 Å². The van der Waals surface area contributed by atoms with E-state index in [1.165, 1.54) is 0 Å². The lowest BCUT2D eigenvalue weighted by Gasteiger charge is -2.24. The number of carbonyl (C=O) groups is 2. The standard InChI is InChI=1S/C19H22N2O3/c1-14(2)21(13-18(22)23)12-15-8-10-16(11-9-15)19(24)20-17-6-4-3-5-7-17/h3-11,14H,12-13H2,1-2H3,(H,20,24)(H,22,23). The molecule has 5 heteroatoms. The quantitative estimate of drug-likeness (QED) is 0.819. The SMILES string of the molecule is CC(C)N(CC(=O)O)Cc1ccc(C(=O)Nc2ccccc2)cc1. The summed E-state index contributed by atoms with van der Waals surface area (Å²) in [6.07, 6.45) is 0. The first kappa shape index (κ1) is 17.7. The lowest BCUT2D eigenvalue weighted by molar-refractivity contribution is -0.138. The number of amides is 1. The zero-order valence-corrected chi connectivity index (χ0v) is 13.9. The summed E-state index contributed by atoms with van der Waals surface area (Å²) in [4.78, 5) is 25.0. The summed E-state index contributed by atoms with van der Waals surface area (Å²) in [5.74, 6) is -1.01. The fraction of sp³-hybridized carbons (Fsp3) is 0.263. The third-order valence-electron chi connectivity index (χ3n) is 3.70. The van der Waals surface area contributed by atoms with Crippen molar-refractivity contribution in [1.29, 1.82) is 0 Å². The second-order valence-corrected chi connectivity index (χ2v) is 5.91. The molecular weight excluding hydrogens is 304 g/mol. The van der Waals surface area contributed by atoms with E-state index in [9.17, 15) is 9.59 Å². The molecule has 2 N–H and O–H groups in total. The van der Waals surface area contributed by atoms with Crippen LogP contribution in [0.25, 0.3) is 0 Å². The Balaban J connectivity index is 2.01. The molecular formula is C19H22N2O3. The van der Waals surface area contributed by atoms with Gasteiger partial charge in [-0.05, 0) is 43.7 Å². The van der Waals surface area contributed by atoms with Gasteiger partial charge in [-0.1, -0.05) is 30.3 Å². The molecule has 0 saturated heterocycles. The molecule has 2 rings (SSSR count). The van der Waals surface area contributed by atoms with Crippen molar-refractivity contribution in [1.82, 2.24) is 4.90 Å². The Morgan fingerprint density at radius 3 is 2.21 bits per heavy atom. The smallest absolute Gasteiger partial charge is 0.317 e. The Bertz CT molecular complexity index is 682. The summed E-state index contributed by atoms with van der Waals surface area (Å²) in [7, 11) is 0. The first-order valence-electron chi connectivity index (χ1n) is 7.87. The monoisotopic (exact) mass is 326 g/mol. The van der Waals surface area contributed by atoms with Gasteiger partial charge >= 0.3 is 5.97 Å². The minimum Gasteiger partial charge on any atom is -0.480 e. The van der Waals surface area contributed by atoms with Crippen LogP contribution in [-0.2, 0) is 11.3 Å². The van der Waals surface area contributed by atoms with Crippen LogP contribution in [0.5, 0.6) is 0 Å². The van der Waals surface area contributed by atoms with Crippen LogP contribution >= 0.6 is 0 Å².